The molecule has 0 saturated carbocycles. The molecule has 0 unspecified atom stereocenters. The number of carbonyl (C=O) groups excluding carboxylic acids is 1. The molecule has 0 aliphatic heterocycles. The first-order valence-electron chi connectivity index (χ1n) is 9.14. The number of hydrogen-bond acceptors (Lipinski definition) is 3. The van der Waals surface area contributed by atoms with E-state index in [-0.39, 0.29) is 29.9 Å². The first-order chi connectivity index (χ1) is 13.1. The molecular formula is C21H30IN5O. The summed E-state index contributed by atoms with van der Waals surface area (Å²) in [6, 6.07) is 17.8. The van der Waals surface area contributed by atoms with Crippen LogP contribution in [0.25, 0.3) is 0 Å². The summed E-state index contributed by atoms with van der Waals surface area (Å²) >= 11 is 0. The molecule has 0 aromatic heterocycles. The van der Waals surface area contributed by atoms with Gasteiger partial charge in [0, 0.05) is 52.0 Å². The topological polar surface area (TPSA) is 68.8 Å². The molecule has 3 N–H and O–H groups in total. The summed E-state index contributed by atoms with van der Waals surface area (Å²) in [7, 11) is 5.27. The molecule has 0 saturated heterocycles. The van der Waals surface area contributed by atoms with Gasteiger partial charge < -0.3 is 20.9 Å². The Balaban J connectivity index is 0.00000392. The van der Waals surface area contributed by atoms with Gasteiger partial charge in [0.1, 0.15) is 0 Å². The second-order valence-corrected chi connectivity index (χ2v) is 6.40. The predicted molar refractivity (Wildman–Crippen MR) is 128 cm³/mol. The first-order valence-corrected chi connectivity index (χ1v) is 9.14. The monoisotopic (exact) mass is 495 g/mol. The molecule has 152 valence electrons. The predicted octanol–water partition coefficient (Wildman–Crippen LogP) is 3.17. The third-order valence-electron chi connectivity index (χ3n) is 4.04. The minimum atomic E-state index is 0. The maximum absolute atomic E-state index is 11.9. The van der Waals surface area contributed by atoms with Crippen LogP contribution in [0, 0.1) is 0 Å². The van der Waals surface area contributed by atoms with E-state index in [0.29, 0.717) is 12.1 Å². The second kappa shape index (κ2) is 13.0. The van der Waals surface area contributed by atoms with Crippen LogP contribution < -0.4 is 16.0 Å². The third-order valence-corrected chi connectivity index (χ3v) is 4.04. The Hall–Kier alpha value is -2.29. The number of benzene rings is 2. The first kappa shape index (κ1) is 23.7. The summed E-state index contributed by atoms with van der Waals surface area (Å²) in [6.07, 6.45) is 0.983. The van der Waals surface area contributed by atoms with Gasteiger partial charge >= 0.3 is 0 Å². The van der Waals surface area contributed by atoms with Gasteiger partial charge in [-0.3, -0.25) is 9.79 Å². The molecule has 1 amide bonds. The standard InChI is InChI=1S/C21H29N5O.HI/c1-22-21(24-15-7-14-23-19-8-5-4-6-9-19)25-16-17-10-12-18(13-11-17)20(27)26(2)3;/h4-6,8-13,23H,7,14-16H2,1-3H3,(H2,22,24,25);1H. The fraction of sp³-hybridized carbons (Fsp3) is 0.333. The van der Waals surface area contributed by atoms with Gasteiger partial charge in [-0.15, -0.1) is 24.0 Å². The highest BCUT2D eigenvalue weighted by molar-refractivity contribution is 14.0. The van der Waals surface area contributed by atoms with Crippen LogP contribution in [0.3, 0.4) is 0 Å². The molecule has 2 rings (SSSR count). The van der Waals surface area contributed by atoms with Crippen LogP contribution in [0.4, 0.5) is 5.69 Å². The number of aliphatic imine (C=N–C) groups is 1. The highest BCUT2D eigenvalue weighted by Gasteiger charge is 2.07. The number of nitrogens with zero attached hydrogens (tertiary/aromatic N) is 2. The normalized spacial score (nSPS) is 10.6. The molecule has 0 atom stereocenters. The molecule has 0 heterocycles. The number of nitrogens with one attached hydrogen (secondary N) is 3. The summed E-state index contributed by atoms with van der Waals surface area (Å²) in [5, 5.41) is 9.98. The zero-order valence-corrected chi connectivity index (χ0v) is 19.1. The Labute approximate surface area is 184 Å². The van der Waals surface area contributed by atoms with Crippen LogP contribution in [0.2, 0.25) is 0 Å². The smallest absolute Gasteiger partial charge is 0.253 e. The summed E-state index contributed by atoms with van der Waals surface area (Å²) in [6.45, 7) is 2.38. The number of para-hydroxylation sites is 1. The minimum Gasteiger partial charge on any atom is -0.385 e. The fourth-order valence-corrected chi connectivity index (χ4v) is 2.51. The van der Waals surface area contributed by atoms with Crippen LogP contribution in [0.15, 0.2) is 59.6 Å². The van der Waals surface area contributed by atoms with E-state index < -0.39 is 0 Å². The maximum Gasteiger partial charge on any atom is 0.253 e. The molecule has 0 aliphatic carbocycles. The Morgan fingerprint density at radius 3 is 2.25 bits per heavy atom. The van der Waals surface area contributed by atoms with Crippen molar-refractivity contribution in [1.82, 2.24) is 15.5 Å². The summed E-state index contributed by atoms with van der Waals surface area (Å²) in [5.41, 5.74) is 2.92. The number of carbonyl (C=O) groups is 1. The second-order valence-electron chi connectivity index (χ2n) is 6.40. The molecule has 28 heavy (non-hydrogen) atoms. The number of halogens is 1. The Morgan fingerprint density at radius 1 is 0.964 bits per heavy atom. The van der Waals surface area contributed by atoms with E-state index in [9.17, 15) is 4.79 Å². The minimum absolute atomic E-state index is 0. The number of amides is 1. The molecule has 6 nitrogen and oxygen atoms in total. The van der Waals surface area contributed by atoms with Crippen LogP contribution >= 0.6 is 24.0 Å². The van der Waals surface area contributed by atoms with Gasteiger partial charge in [-0.25, -0.2) is 0 Å². The fourth-order valence-electron chi connectivity index (χ4n) is 2.51. The lowest BCUT2D eigenvalue weighted by Crippen LogP contribution is -2.37. The molecule has 0 spiro atoms. The van der Waals surface area contributed by atoms with E-state index in [1.807, 2.05) is 42.5 Å². The average Bonchev–Trinajstić information content (AvgIpc) is 2.70. The highest BCUT2D eigenvalue weighted by atomic mass is 127. The van der Waals surface area contributed by atoms with Gasteiger partial charge in [0.15, 0.2) is 5.96 Å². The molecule has 0 fully saturated rings. The van der Waals surface area contributed by atoms with Crippen LogP contribution in [0.1, 0.15) is 22.3 Å². The molecule has 0 aliphatic rings. The summed E-state index contributed by atoms with van der Waals surface area (Å²) in [5.74, 6) is 0.777. The van der Waals surface area contributed by atoms with E-state index in [4.69, 9.17) is 0 Å². The number of hydrogen-bond donors (Lipinski definition) is 3. The maximum atomic E-state index is 11.9. The van der Waals surface area contributed by atoms with Gasteiger partial charge in [0.05, 0.1) is 0 Å². The lowest BCUT2D eigenvalue weighted by Gasteiger charge is -2.13. The SMILES string of the molecule is CN=C(NCCCNc1ccccc1)NCc1ccc(C(=O)N(C)C)cc1.I. The third kappa shape index (κ3) is 8.16. The molecule has 7 heteroatoms. The van der Waals surface area contributed by atoms with E-state index in [2.05, 4.69) is 33.1 Å². The number of anilines is 1. The van der Waals surface area contributed by atoms with E-state index in [1.165, 1.54) is 0 Å². The van der Waals surface area contributed by atoms with Gasteiger partial charge in [-0.2, -0.15) is 0 Å². The van der Waals surface area contributed by atoms with Crippen molar-refractivity contribution < 1.29 is 4.79 Å². The van der Waals surface area contributed by atoms with Crippen LogP contribution in [-0.4, -0.2) is 51.0 Å². The number of rotatable bonds is 8. The molecule has 0 radical (unpaired) electrons. The quantitative estimate of drug-likeness (QED) is 0.228. The van der Waals surface area contributed by atoms with Crippen molar-refractivity contribution in [2.75, 3.05) is 39.5 Å². The van der Waals surface area contributed by atoms with Crippen LogP contribution in [-0.2, 0) is 6.54 Å². The summed E-state index contributed by atoms with van der Waals surface area (Å²) in [4.78, 5) is 17.7. The van der Waals surface area contributed by atoms with Crippen molar-refractivity contribution in [3.05, 3.63) is 65.7 Å². The van der Waals surface area contributed by atoms with Gasteiger partial charge in [-0.1, -0.05) is 30.3 Å². The highest BCUT2D eigenvalue weighted by Crippen LogP contribution is 2.06. The van der Waals surface area contributed by atoms with Gasteiger partial charge in [-0.05, 0) is 36.2 Å². The van der Waals surface area contributed by atoms with E-state index in [0.717, 1.165) is 36.7 Å². The average molecular weight is 495 g/mol. The van der Waals surface area contributed by atoms with Crippen molar-refractivity contribution >= 4 is 41.5 Å². The van der Waals surface area contributed by atoms with E-state index in [1.54, 1.807) is 26.0 Å². The Morgan fingerprint density at radius 2 is 1.64 bits per heavy atom. The Kier molecular flexibility index (Phi) is 11.0. The summed E-state index contributed by atoms with van der Waals surface area (Å²) < 4.78 is 0. The molecular weight excluding hydrogens is 465 g/mol. The lowest BCUT2D eigenvalue weighted by molar-refractivity contribution is 0.0827. The zero-order chi connectivity index (χ0) is 19.5. The van der Waals surface area contributed by atoms with E-state index >= 15 is 0 Å². The molecule has 2 aromatic rings. The number of guanidine groups is 1. The van der Waals surface area contributed by atoms with Crippen molar-refractivity contribution in [2.45, 2.75) is 13.0 Å². The van der Waals surface area contributed by atoms with Gasteiger partial charge in [0.25, 0.3) is 5.91 Å². The van der Waals surface area contributed by atoms with Crippen molar-refractivity contribution in [3.8, 4) is 0 Å². The zero-order valence-electron chi connectivity index (χ0n) is 16.7. The largest absolute Gasteiger partial charge is 0.385 e. The van der Waals surface area contributed by atoms with Crippen molar-refractivity contribution in [2.24, 2.45) is 4.99 Å². The van der Waals surface area contributed by atoms with Crippen LogP contribution in [0.5, 0.6) is 0 Å². The molecule has 2 aromatic carbocycles. The van der Waals surface area contributed by atoms with Crippen molar-refractivity contribution in [3.63, 3.8) is 0 Å². The van der Waals surface area contributed by atoms with Crippen molar-refractivity contribution in [1.29, 1.82) is 0 Å². The Bertz CT molecular complexity index is 732. The van der Waals surface area contributed by atoms with Gasteiger partial charge in [0.2, 0.25) is 0 Å². The lowest BCUT2D eigenvalue weighted by atomic mass is 10.1. The molecule has 0 bridgehead atoms.